The molecule has 0 aromatic carbocycles. The summed E-state index contributed by atoms with van der Waals surface area (Å²) in [7, 11) is 0. The van der Waals surface area contributed by atoms with Crippen molar-refractivity contribution in [3.05, 3.63) is 0 Å². The molecule has 7 heteroatoms. The number of carboxylic acid groups (broad SMARTS) is 1. The Labute approximate surface area is 112 Å². The summed E-state index contributed by atoms with van der Waals surface area (Å²) in [5.41, 5.74) is 0. The van der Waals surface area contributed by atoms with Crippen molar-refractivity contribution in [2.75, 3.05) is 26.2 Å². The van der Waals surface area contributed by atoms with Gasteiger partial charge in [-0.3, -0.25) is 19.4 Å². The first kappa shape index (κ1) is 15.4. The summed E-state index contributed by atoms with van der Waals surface area (Å²) in [4.78, 5) is 33.9. The van der Waals surface area contributed by atoms with Crippen LogP contribution in [0.15, 0.2) is 0 Å². The number of carbonyl (C=O) groups excluding carboxylic acids is 2. The maximum absolute atomic E-state index is 12.1. The Hall–Kier alpha value is -1.63. The Kier molecular flexibility index (Phi) is 6.27. The van der Waals surface area contributed by atoms with E-state index in [4.69, 9.17) is 9.84 Å². The van der Waals surface area contributed by atoms with Gasteiger partial charge in [-0.05, 0) is 6.42 Å². The first-order valence-corrected chi connectivity index (χ1v) is 6.47. The number of hydrogen-bond donors (Lipinski definition) is 1. The molecular formula is C12H20N2O5. The molecule has 7 nitrogen and oxygen atoms in total. The van der Waals surface area contributed by atoms with E-state index in [1.54, 1.807) is 5.01 Å². The predicted molar refractivity (Wildman–Crippen MR) is 66.0 cm³/mol. The second-order valence-corrected chi connectivity index (χ2v) is 4.37. The Bertz CT molecular complexity index is 345. The van der Waals surface area contributed by atoms with E-state index >= 15 is 0 Å². The number of unbranched alkanes of at least 4 members (excludes halogenated alkanes) is 1. The summed E-state index contributed by atoms with van der Waals surface area (Å²) < 4.78 is 4.81. The third-order valence-corrected chi connectivity index (χ3v) is 2.84. The minimum Gasteiger partial charge on any atom is -0.481 e. The first-order valence-electron chi connectivity index (χ1n) is 6.47. The molecule has 1 aliphatic rings. The molecule has 0 aliphatic carbocycles. The molecular weight excluding hydrogens is 252 g/mol. The van der Waals surface area contributed by atoms with Gasteiger partial charge in [0.2, 0.25) is 5.91 Å². The summed E-state index contributed by atoms with van der Waals surface area (Å²) in [6.45, 7) is 2.71. The van der Waals surface area contributed by atoms with Crippen molar-refractivity contribution >= 4 is 17.8 Å². The highest BCUT2D eigenvalue weighted by molar-refractivity contribution is 5.78. The summed E-state index contributed by atoms with van der Waals surface area (Å²) in [6.07, 6.45) is 1.87. The SMILES string of the molecule is CCCCC(=O)N(CCC(=O)O)N1CCOC(=O)C1. The number of ether oxygens (including phenoxy) is 1. The van der Waals surface area contributed by atoms with Crippen molar-refractivity contribution < 1.29 is 24.2 Å². The predicted octanol–water partition coefficient (Wildman–Crippen LogP) is 0.254. The molecule has 0 bridgehead atoms. The number of esters is 1. The molecule has 0 saturated carbocycles. The lowest BCUT2D eigenvalue weighted by Crippen LogP contribution is -2.53. The lowest BCUT2D eigenvalue weighted by Gasteiger charge is -2.36. The van der Waals surface area contributed by atoms with E-state index in [0.29, 0.717) is 13.0 Å². The zero-order valence-corrected chi connectivity index (χ0v) is 11.1. The Morgan fingerprint density at radius 1 is 1.42 bits per heavy atom. The second kappa shape index (κ2) is 7.73. The van der Waals surface area contributed by atoms with E-state index in [1.807, 2.05) is 6.92 Å². The van der Waals surface area contributed by atoms with Crippen LogP contribution in [-0.4, -0.2) is 59.2 Å². The smallest absolute Gasteiger partial charge is 0.322 e. The fraction of sp³-hybridized carbons (Fsp3) is 0.750. The van der Waals surface area contributed by atoms with Crippen molar-refractivity contribution in [1.82, 2.24) is 10.0 Å². The quantitative estimate of drug-likeness (QED) is 0.669. The van der Waals surface area contributed by atoms with Crippen molar-refractivity contribution in [1.29, 1.82) is 0 Å². The Balaban J connectivity index is 2.63. The molecule has 1 fully saturated rings. The maximum Gasteiger partial charge on any atom is 0.322 e. The van der Waals surface area contributed by atoms with Gasteiger partial charge in [0.15, 0.2) is 0 Å². The number of rotatable bonds is 7. The molecule has 1 N–H and O–H groups in total. The van der Waals surface area contributed by atoms with Gasteiger partial charge in [0, 0.05) is 13.0 Å². The van der Waals surface area contributed by atoms with Gasteiger partial charge in [-0.1, -0.05) is 13.3 Å². The molecule has 1 rings (SSSR count). The zero-order valence-electron chi connectivity index (χ0n) is 11.1. The number of amides is 1. The highest BCUT2D eigenvalue weighted by Gasteiger charge is 2.27. The topological polar surface area (TPSA) is 87.2 Å². The third kappa shape index (κ3) is 5.25. The van der Waals surface area contributed by atoms with Crippen LogP contribution in [0.5, 0.6) is 0 Å². The van der Waals surface area contributed by atoms with E-state index < -0.39 is 11.9 Å². The Morgan fingerprint density at radius 3 is 2.74 bits per heavy atom. The molecule has 19 heavy (non-hydrogen) atoms. The molecule has 108 valence electrons. The molecule has 0 spiro atoms. The molecule has 0 unspecified atom stereocenters. The van der Waals surface area contributed by atoms with Gasteiger partial charge in [-0.25, -0.2) is 5.01 Å². The van der Waals surface area contributed by atoms with E-state index in [0.717, 1.165) is 12.8 Å². The van der Waals surface area contributed by atoms with Gasteiger partial charge in [0.05, 0.1) is 13.0 Å². The molecule has 0 aromatic rings. The summed E-state index contributed by atoms with van der Waals surface area (Å²) in [5.74, 6) is -1.50. The summed E-state index contributed by atoms with van der Waals surface area (Å²) in [6, 6.07) is 0. The van der Waals surface area contributed by atoms with Gasteiger partial charge in [0.25, 0.3) is 0 Å². The van der Waals surface area contributed by atoms with E-state index in [-0.39, 0.29) is 32.0 Å². The van der Waals surface area contributed by atoms with Crippen molar-refractivity contribution in [2.45, 2.75) is 32.6 Å². The van der Waals surface area contributed by atoms with Crippen LogP contribution >= 0.6 is 0 Å². The fourth-order valence-electron chi connectivity index (χ4n) is 1.83. The lowest BCUT2D eigenvalue weighted by molar-refractivity contribution is -0.171. The van der Waals surface area contributed by atoms with Gasteiger partial charge in [-0.15, -0.1) is 0 Å². The second-order valence-electron chi connectivity index (χ2n) is 4.37. The molecule has 1 heterocycles. The van der Waals surface area contributed by atoms with E-state index in [9.17, 15) is 14.4 Å². The van der Waals surface area contributed by atoms with Crippen LogP contribution in [0.4, 0.5) is 0 Å². The van der Waals surface area contributed by atoms with Gasteiger partial charge < -0.3 is 9.84 Å². The molecule has 0 radical (unpaired) electrons. The largest absolute Gasteiger partial charge is 0.481 e. The minimum absolute atomic E-state index is 0.00250. The first-order chi connectivity index (χ1) is 9.04. The third-order valence-electron chi connectivity index (χ3n) is 2.84. The van der Waals surface area contributed by atoms with Gasteiger partial charge >= 0.3 is 11.9 Å². The van der Waals surface area contributed by atoms with Crippen LogP contribution in [0.2, 0.25) is 0 Å². The average molecular weight is 272 g/mol. The van der Waals surface area contributed by atoms with Crippen molar-refractivity contribution in [2.24, 2.45) is 0 Å². The number of hydrogen-bond acceptors (Lipinski definition) is 5. The van der Waals surface area contributed by atoms with Crippen LogP contribution < -0.4 is 0 Å². The van der Waals surface area contributed by atoms with Gasteiger partial charge in [0.1, 0.15) is 13.2 Å². The monoisotopic (exact) mass is 272 g/mol. The van der Waals surface area contributed by atoms with Gasteiger partial charge in [-0.2, -0.15) is 0 Å². The molecule has 1 saturated heterocycles. The van der Waals surface area contributed by atoms with E-state index in [2.05, 4.69) is 0 Å². The number of hydrazine groups is 1. The number of carboxylic acids is 1. The molecule has 1 amide bonds. The van der Waals surface area contributed by atoms with Crippen LogP contribution in [0.3, 0.4) is 0 Å². The van der Waals surface area contributed by atoms with E-state index in [1.165, 1.54) is 5.01 Å². The van der Waals surface area contributed by atoms with Crippen LogP contribution in [0.25, 0.3) is 0 Å². The minimum atomic E-state index is -0.965. The number of cyclic esters (lactones) is 1. The molecule has 0 aromatic heterocycles. The van der Waals surface area contributed by atoms with Crippen LogP contribution in [-0.2, 0) is 19.1 Å². The van der Waals surface area contributed by atoms with Crippen LogP contribution in [0, 0.1) is 0 Å². The Morgan fingerprint density at radius 2 is 2.16 bits per heavy atom. The average Bonchev–Trinajstić information content (AvgIpc) is 2.36. The normalized spacial score (nSPS) is 15.9. The fourth-order valence-corrected chi connectivity index (χ4v) is 1.83. The zero-order chi connectivity index (χ0) is 14.3. The number of aliphatic carboxylic acids is 1. The number of nitrogens with zero attached hydrogens (tertiary/aromatic N) is 2. The van der Waals surface area contributed by atoms with Crippen molar-refractivity contribution in [3.8, 4) is 0 Å². The number of carbonyl (C=O) groups is 3. The van der Waals surface area contributed by atoms with Crippen LogP contribution in [0.1, 0.15) is 32.6 Å². The molecule has 1 aliphatic heterocycles. The number of morpholine rings is 1. The highest BCUT2D eigenvalue weighted by atomic mass is 16.5. The lowest BCUT2D eigenvalue weighted by atomic mass is 10.2. The standard InChI is InChI=1S/C12H20N2O5/c1-2-3-4-10(15)14(6-5-11(16)17)13-7-8-19-12(18)9-13/h2-9H2,1H3,(H,16,17). The maximum atomic E-state index is 12.1. The van der Waals surface area contributed by atoms with Crippen molar-refractivity contribution in [3.63, 3.8) is 0 Å². The summed E-state index contributed by atoms with van der Waals surface area (Å²) in [5, 5.41) is 11.7. The molecule has 0 atom stereocenters. The summed E-state index contributed by atoms with van der Waals surface area (Å²) >= 11 is 0. The highest BCUT2D eigenvalue weighted by Crippen LogP contribution is 2.09.